The lowest BCUT2D eigenvalue weighted by atomic mass is 10.2. The van der Waals surface area contributed by atoms with Gasteiger partial charge in [0.25, 0.3) is 0 Å². The summed E-state index contributed by atoms with van der Waals surface area (Å²) >= 11 is 5.82. The molecule has 0 amide bonds. The third kappa shape index (κ3) is 4.77. The Bertz CT molecular complexity index is 622. The molecule has 1 aromatic carbocycles. The normalized spacial score (nSPS) is 10.6. The highest BCUT2D eigenvalue weighted by Gasteiger charge is 2.15. The van der Waals surface area contributed by atoms with E-state index in [4.69, 9.17) is 16.9 Å². The maximum atomic E-state index is 11.7. The number of hydrogen-bond donors (Lipinski definition) is 1. The molecule has 8 heteroatoms. The first-order valence-electron chi connectivity index (χ1n) is 5.15. The van der Waals surface area contributed by atoms with Crippen LogP contribution in [0.4, 0.5) is 5.69 Å². The lowest BCUT2D eigenvalue weighted by Crippen LogP contribution is -2.19. The number of sulfonamides is 1. The van der Waals surface area contributed by atoms with E-state index in [-0.39, 0.29) is 22.7 Å². The van der Waals surface area contributed by atoms with Crippen LogP contribution in [0.5, 0.6) is 0 Å². The number of halogens is 1. The number of carbonyl (C=O) groups is 1. The number of nitrogens with one attached hydrogen (secondary N) is 1. The number of rotatable bonds is 5. The molecule has 0 aromatic heterocycles. The van der Waals surface area contributed by atoms with Gasteiger partial charge >= 0.3 is 5.97 Å². The summed E-state index contributed by atoms with van der Waals surface area (Å²) < 4.78 is 30.0. The van der Waals surface area contributed by atoms with Crippen LogP contribution in [0.1, 0.15) is 12.0 Å². The average molecular weight is 303 g/mol. The second kappa shape index (κ2) is 6.41. The summed E-state index contributed by atoms with van der Waals surface area (Å²) in [5, 5.41) is 8.90. The number of esters is 1. The fourth-order valence-electron chi connectivity index (χ4n) is 1.21. The molecule has 1 aromatic rings. The van der Waals surface area contributed by atoms with E-state index in [0.717, 1.165) is 0 Å². The lowest BCUT2D eigenvalue weighted by molar-refractivity contribution is -0.140. The Morgan fingerprint density at radius 2 is 2.21 bits per heavy atom. The Kier molecular flexibility index (Phi) is 5.15. The molecule has 0 unspecified atom stereocenters. The first-order valence-corrected chi connectivity index (χ1v) is 7.18. The van der Waals surface area contributed by atoms with Crippen LogP contribution < -0.4 is 4.72 Å². The Hall–Kier alpha value is -1.78. The van der Waals surface area contributed by atoms with E-state index < -0.39 is 21.7 Å². The predicted molar refractivity (Wildman–Crippen MR) is 70.2 cm³/mol. The van der Waals surface area contributed by atoms with E-state index in [0.29, 0.717) is 0 Å². The van der Waals surface area contributed by atoms with Crippen LogP contribution in [0.2, 0.25) is 5.02 Å². The first kappa shape index (κ1) is 15.3. The van der Waals surface area contributed by atoms with Gasteiger partial charge in [0.2, 0.25) is 10.0 Å². The van der Waals surface area contributed by atoms with E-state index in [9.17, 15) is 13.2 Å². The van der Waals surface area contributed by atoms with E-state index in [1.54, 1.807) is 0 Å². The molecular weight excluding hydrogens is 292 g/mol. The van der Waals surface area contributed by atoms with E-state index in [1.165, 1.54) is 25.3 Å². The van der Waals surface area contributed by atoms with Crippen molar-refractivity contribution in [2.45, 2.75) is 6.42 Å². The van der Waals surface area contributed by atoms with Gasteiger partial charge in [-0.2, -0.15) is 5.26 Å². The van der Waals surface area contributed by atoms with Gasteiger partial charge in [-0.1, -0.05) is 11.6 Å². The molecule has 0 aliphatic rings. The minimum atomic E-state index is -3.73. The van der Waals surface area contributed by atoms with Crippen LogP contribution in [-0.2, 0) is 19.6 Å². The molecule has 6 nitrogen and oxygen atoms in total. The second-order valence-corrected chi connectivity index (χ2v) is 5.80. The zero-order valence-corrected chi connectivity index (χ0v) is 11.6. The Morgan fingerprint density at radius 3 is 2.79 bits per heavy atom. The van der Waals surface area contributed by atoms with Crippen molar-refractivity contribution in [2.75, 3.05) is 17.6 Å². The minimum absolute atomic E-state index is 0.102. The summed E-state index contributed by atoms with van der Waals surface area (Å²) in [6.07, 6.45) is -0.263. The number of benzene rings is 1. The third-order valence-corrected chi connectivity index (χ3v) is 3.77. The van der Waals surface area contributed by atoms with Crippen molar-refractivity contribution in [3.8, 4) is 6.07 Å². The highest BCUT2D eigenvalue weighted by Crippen LogP contribution is 2.24. The summed E-state index contributed by atoms with van der Waals surface area (Å²) in [6, 6.07) is 6.07. The van der Waals surface area contributed by atoms with Crippen LogP contribution in [0.25, 0.3) is 0 Å². The minimum Gasteiger partial charge on any atom is -0.469 e. The number of ether oxygens (including phenoxy) is 1. The molecule has 0 fully saturated rings. The van der Waals surface area contributed by atoms with Crippen molar-refractivity contribution in [3.05, 3.63) is 28.8 Å². The maximum Gasteiger partial charge on any atom is 0.306 e. The van der Waals surface area contributed by atoms with Crippen LogP contribution in [0.15, 0.2) is 18.2 Å². The van der Waals surface area contributed by atoms with E-state index >= 15 is 0 Å². The number of nitriles is 1. The van der Waals surface area contributed by atoms with Crippen molar-refractivity contribution >= 4 is 33.3 Å². The van der Waals surface area contributed by atoms with Crippen LogP contribution in [-0.4, -0.2) is 27.2 Å². The largest absolute Gasteiger partial charge is 0.469 e. The van der Waals surface area contributed by atoms with Gasteiger partial charge in [-0.05, 0) is 18.2 Å². The Morgan fingerprint density at radius 1 is 1.53 bits per heavy atom. The highest BCUT2D eigenvalue weighted by atomic mass is 35.5. The molecule has 19 heavy (non-hydrogen) atoms. The standard InChI is InChI=1S/C11H11ClN2O4S/c1-18-11(15)4-5-19(16,17)14-10-6-8(7-13)2-3-9(10)12/h2-3,6,14H,4-5H2,1H3. The predicted octanol–water partition coefficient (Wildman–Crippen LogP) is 1.52. The number of nitrogens with zero attached hydrogens (tertiary/aromatic N) is 1. The van der Waals surface area contributed by atoms with Gasteiger partial charge in [-0.15, -0.1) is 0 Å². The molecule has 1 rings (SSSR count). The molecular formula is C11H11ClN2O4S. The average Bonchev–Trinajstić information content (AvgIpc) is 2.38. The van der Waals surface area contributed by atoms with Gasteiger partial charge in [0.1, 0.15) is 0 Å². The maximum absolute atomic E-state index is 11.7. The summed E-state index contributed by atoms with van der Waals surface area (Å²) in [5.41, 5.74) is 0.376. The molecule has 0 aliphatic carbocycles. The molecule has 1 N–H and O–H groups in total. The highest BCUT2D eigenvalue weighted by molar-refractivity contribution is 7.92. The van der Waals surface area contributed by atoms with Crippen molar-refractivity contribution in [1.29, 1.82) is 5.26 Å². The lowest BCUT2D eigenvalue weighted by Gasteiger charge is -2.09. The van der Waals surface area contributed by atoms with Crippen LogP contribution in [0.3, 0.4) is 0 Å². The number of methoxy groups -OCH3 is 1. The topological polar surface area (TPSA) is 96.3 Å². The summed E-state index contributed by atoms with van der Waals surface area (Å²) in [4.78, 5) is 10.9. The third-order valence-electron chi connectivity index (χ3n) is 2.16. The summed E-state index contributed by atoms with van der Waals surface area (Å²) in [5.74, 6) is -1.05. The fourth-order valence-corrected chi connectivity index (χ4v) is 2.47. The monoisotopic (exact) mass is 302 g/mol. The Labute approximate surface area is 116 Å². The number of hydrogen-bond acceptors (Lipinski definition) is 5. The van der Waals surface area contributed by atoms with Crippen LogP contribution >= 0.6 is 11.6 Å². The molecule has 102 valence electrons. The van der Waals surface area contributed by atoms with E-state index in [1.807, 2.05) is 6.07 Å². The molecule has 0 radical (unpaired) electrons. The number of anilines is 1. The fraction of sp³-hybridized carbons (Fsp3) is 0.273. The van der Waals surface area contributed by atoms with Gasteiger partial charge < -0.3 is 4.74 Å². The molecule has 0 saturated heterocycles. The SMILES string of the molecule is COC(=O)CCS(=O)(=O)Nc1cc(C#N)ccc1Cl. The molecule has 0 saturated carbocycles. The molecule has 0 spiro atoms. The van der Waals surface area contributed by atoms with Crippen molar-refractivity contribution in [3.63, 3.8) is 0 Å². The quantitative estimate of drug-likeness (QED) is 0.832. The van der Waals surface area contributed by atoms with Gasteiger partial charge in [-0.25, -0.2) is 8.42 Å². The first-order chi connectivity index (χ1) is 8.88. The summed E-state index contributed by atoms with van der Waals surface area (Å²) in [6.45, 7) is 0. The van der Waals surface area contributed by atoms with Gasteiger partial charge in [0.15, 0.2) is 0 Å². The van der Waals surface area contributed by atoms with Gasteiger partial charge in [-0.3, -0.25) is 9.52 Å². The smallest absolute Gasteiger partial charge is 0.306 e. The number of carbonyl (C=O) groups excluding carboxylic acids is 1. The van der Waals surface area contributed by atoms with Crippen LogP contribution in [0, 0.1) is 11.3 Å². The molecule has 0 aliphatic heterocycles. The van der Waals surface area contributed by atoms with Gasteiger partial charge in [0, 0.05) is 0 Å². The van der Waals surface area contributed by atoms with Gasteiger partial charge in [0.05, 0.1) is 41.6 Å². The van der Waals surface area contributed by atoms with Crippen molar-refractivity contribution < 1.29 is 17.9 Å². The zero-order chi connectivity index (χ0) is 14.5. The van der Waals surface area contributed by atoms with E-state index in [2.05, 4.69) is 9.46 Å². The summed E-state index contributed by atoms with van der Waals surface area (Å²) in [7, 11) is -2.56. The second-order valence-electron chi connectivity index (χ2n) is 3.55. The molecule has 0 atom stereocenters. The zero-order valence-electron chi connectivity index (χ0n) is 10.0. The van der Waals surface area contributed by atoms with Crippen molar-refractivity contribution in [1.82, 2.24) is 0 Å². The molecule has 0 heterocycles. The van der Waals surface area contributed by atoms with Crippen molar-refractivity contribution in [2.24, 2.45) is 0 Å². The molecule has 0 bridgehead atoms. The Balaban J connectivity index is 2.84.